The highest BCUT2D eigenvalue weighted by Gasteiger charge is 2.34. The summed E-state index contributed by atoms with van der Waals surface area (Å²) in [5.74, 6) is -1.07. The molecule has 2 saturated heterocycles. The number of ketones is 1. The van der Waals surface area contributed by atoms with Crippen LogP contribution in [0.15, 0.2) is 42.7 Å². The first-order chi connectivity index (χ1) is 14.5. The van der Waals surface area contributed by atoms with Crippen LogP contribution < -0.4 is 10.2 Å². The summed E-state index contributed by atoms with van der Waals surface area (Å²) in [4.78, 5) is 15.0. The molecule has 0 saturated carbocycles. The maximum absolute atomic E-state index is 14.4. The molecule has 0 bridgehead atoms. The van der Waals surface area contributed by atoms with Gasteiger partial charge in [-0.3, -0.25) is 4.79 Å². The number of aliphatic hydroxyl groups excluding tert-OH is 1. The van der Waals surface area contributed by atoms with Crippen LogP contribution in [0.25, 0.3) is 5.52 Å². The molecule has 2 aliphatic rings. The van der Waals surface area contributed by atoms with Crippen LogP contribution in [0.5, 0.6) is 0 Å². The van der Waals surface area contributed by atoms with Gasteiger partial charge in [0.05, 0.1) is 35.5 Å². The number of nitrogens with one attached hydrogen (secondary N) is 1. The average molecular weight is 412 g/mol. The average Bonchev–Trinajstić information content (AvgIpc) is 3.47. The van der Waals surface area contributed by atoms with Crippen molar-refractivity contribution in [1.82, 2.24) is 14.9 Å². The largest absolute Gasteiger partial charge is 0.391 e. The van der Waals surface area contributed by atoms with Crippen molar-refractivity contribution in [2.24, 2.45) is 0 Å². The molecule has 5 rings (SSSR count). The second-order valence-electron chi connectivity index (χ2n) is 7.94. The van der Waals surface area contributed by atoms with E-state index in [-0.39, 0.29) is 11.8 Å². The first-order valence-electron chi connectivity index (χ1n) is 10.2. The van der Waals surface area contributed by atoms with Crippen molar-refractivity contribution in [3.05, 3.63) is 65.5 Å². The lowest BCUT2D eigenvalue weighted by molar-refractivity contribution is 0.0843. The fraction of sp³-hybridized carbons (Fsp3) is 0.364. The Bertz CT molecular complexity index is 1120. The highest BCUT2D eigenvalue weighted by atomic mass is 19.1. The van der Waals surface area contributed by atoms with Crippen LogP contribution in [-0.2, 0) is 0 Å². The fourth-order valence-corrected chi connectivity index (χ4v) is 4.63. The van der Waals surface area contributed by atoms with Crippen molar-refractivity contribution in [1.29, 1.82) is 0 Å². The number of hydrogen-bond donors (Lipinski definition) is 2. The van der Waals surface area contributed by atoms with Gasteiger partial charge in [0, 0.05) is 24.0 Å². The summed E-state index contributed by atoms with van der Waals surface area (Å²) in [6.45, 7) is 1.30. The van der Waals surface area contributed by atoms with Crippen molar-refractivity contribution in [3.8, 4) is 0 Å². The van der Waals surface area contributed by atoms with Crippen LogP contribution >= 0.6 is 0 Å². The van der Waals surface area contributed by atoms with Gasteiger partial charge in [0.2, 0.25) is 0 Å². The third-order valence-corrected chi connectivity index (χ3v) is 6.14. The molecule has 8 heteroatoms. The van der Waals surface area contributed by atoms with E-state index < -0.39 is 23.8 Å². The van der Waals surface area contributed by atoms with Gasteiger partial charge in [0.25, 0.3) is 0 Å². The van der Waals surface area contributed by atoms with E-state index in [1.165, 1.54) is 12.3 Å². The van der Waals surface area contributed by atoms with E-state index in [1.54, 1.807) is 10.7 Å². The number of carbonyl (C=O) groups is 1. The van der Waals surface area contributed by atoms with Gasteiger partial charge in [-0.1, -0.05) is 0 Å². The third kappa shape index (κ3) is 3.16. The van der Waals surface area contributed by atoms with E-state index in [0.717, 1.165) is 30.7 Å². The van der Waals surface area contributed by atoms with E-state index in [9.17, 15) is 18.7 Å². The van der Waals surface area contributed by atoms with E-state index in [2.05, 4.69) is 10.4 Å². The number of anilines is 1. The van der Waals surface area contributed by atoms with Gasteiger partial charge >= 0.3 is 0 Å². The van der Waals surface area contributed by atoms with Gasteiger partial charge < -0.3 is 15.3 Å². The Morgan fingerprint density at radius 3 is 2.87 bits per heavy atom. The number of halogens is 2. The summed E-state index contributed by atoms with van der Waals surface area (Å²) in [6, 6.07) is 6.37. The van der Waals surface area contributed by atoms with Crippen LogP contribution in [0.3, 0.4) is 0 Å². The van der Waals surface area contributed by atoms with Crippen LogP contribution in [0, 0.1) is 11.6 Å². The molecule has 0 radical (unpaired) electrons. The first-order valence-corrected chi connectivity index (χ1v) is 10.2. The molecule has 0 aliphatic carbocycles. The van der Waals surface area contributed by atoms with Gasteiger partial charge in [-0.2, -0.15) is 5.10 Å². The summed E-state index contributed by atoms with van der Waals surface area (Å²) in [7, 11) is 0. The second-order valence-corrected chi connectivity index (χ2v) is 7.94. The molecular weight excluding hydrogens is 390 g/mol. The van der Waals surface area contributed by atoms with E-state index in [0.29, 0.717) is 36.2 Å². The minimum absolute atomic E-state index is 0.193. The number of aromatic nitrogens is 2. The van der Waals surface area contributed by atoms with Crippen LogP contribution in [-0.4, -0.2) is 45.7 Å². The molecule has 0 spiro atoms. The number of rotatable bonds is 4. The smallest absolute Gasteiger partial charge is 0.186 e. The number of nitrogens with zero attached hydrogens (tertiary/aromatic N) is 3. The lowest BCUT2D eigenvalue weighted by Crippen LogP contribution is -2.38. The number of benzene rings is 1. The Morgan fingerprint density at radius 2 is 2.07 bits per heavy atom. The molecule has 30 heavy (non-hydrogen) atoms. The zero-order chi connectivity index (χ0) is 20.8. The molecule has 4 heterocycles. The fourth-order valence-electron chi connectivity index (χ4n) is 4.63. The summed E-state index contributed by atoms with van der Waals surface area (Å²) >= 11 is 0. The molecule has 1 unspecified atom stereocenters. The molecule has 2 aromatic heterocycles. The Morgan fingerprint density at radius 1 is 1.20 bits per heavy atom. The summed E-state index contributed by atoms with van der Waals surface area (Å²) in [5.41, 5.74) is 2.23. The molecular formula is C22H22F2N4O2. The molecule has 1 aromatic carbocycles. The number of aliphatic hydroxyl groups is 1. The SMILES string of the molecule is O=C(c1cnn2ccc(N3CCC[C@@H]3c3cc(F)ccc3F)cc12)C1NCC[C@@H]1O. The minimum atomic E-state index is -0.713. The van der Waals surface area contributed by atoms with Gasteiger partial charge in [0.15, 0.2) is 5.78 Å². The van der Waals surface area contributed by atoms with E-state index >= 15 is 0 Å². The molecule has 2 aliphatic heterocycles. The van der Waals surface area contributed by atoms with Crippen LogP contribution in [0.1, 0.15) is 41.2 Å². The first kappa shape index (κ1) is 19.1. The van der Waals surface area contributed by atoms with Crippen molar-refractivity contribution in [2.75, 3.05) is 18.0 Å². The molecule has 2 N–H and O–H groups in total. The van der Waals surface area contributed by atoms with Crippen molar-refractivity contribution in [2.45, 2.75) is 37.5 Å². The predicted octanol–water partition coefficient (Wildman–Crippen LogP) is 2.86. The summed E-state index contributed by atoms with van der Waals surface area (Å²) in [5, 5.41) is 17.4. The Kier molecular flexibility index (Phi) is 4.75. The standard InChI is InChI=1S/C22H22F2N4O2/c23-13-3-4-17(24)15(10-13)18-2-1-8-27(18)14-6-9-28-19(11-14)16(12-26-28)22(30)21-20(29)5-7-25-21/h3-4,6,9-12,18,20-21,25,29H,1-2,5,7-8H2/t18-,20+,21?/m1/s1. The highest BCUT2D eigenvalue weighted by molar-refractivity contribution is 6.06. The number of Topliss-reactive ketones (excluding diaryl/α,β-unsaturated/α-hetero) is 1. The molecule has 3 atom stereocenters. The Labute approximate surface area is 172 Å². The van der Waals surface area contributed by atoms with E-state index in [4.69, 9.17) is 0 Å². The van der Waals surface area contributed by atoms with Crippen molar-refractivity contribution >= 4 is 17.0 Å². The molecule has 3 aromatic rings. The van der Waals surface area contributed by atoms with Gasteiger partial charge in [0.1, 0.15) is 11.6 Å². The minimum Gasteiger partial charge on any atom is -0.391 e. The number of hydrogen-bond acceptors (Lipinski definition) is 5. The Hall–Kier alpha value is -2.84. The Balaban J connectivity index is 1.51. The summed E-state index contributed by atoms with van der Waals surface area (Å²) in [6.07, 6.45) is 4.67. The van der Waals surface area contributed by atoms with E-state index in [1.807, 2.05) is 17.0 Å². The number of fused-ring (bicyclic) bond motifs is 1. The van der Waals surface area contributed by atoms with Crippen LogP contribution in [0.2, 0.25) is 0 Å². The topological polar surface area (TPSA) is 69.9 Å². The molecule has 156 valence electrons. The van der Waals surface area contributed by atoms with Crippen molar-refractivity contribution < 1.29 is 18.7 Å². The predicted molar refractivity (Wildman–Crippen MR) is 108 cm³/mol. The molecule has 6 nitrogen and oxygen atoms in total. The normalized spacial score (nSPS) is 24.1. The van der Waals surface area contributed by atoms with Crippen molar-refractivity contribution in [3.63, 3.8) is 0 Å². The molecule has 2 fully saturated rings. The van der Waals surface area contributed by atoms with Crippen LogP contribution in [0.4, 0.5) is 14.5 Å². The highest BCUT2D eigenvalue weighted by Crippen LogP contribution is 2.38. The quantitative estimate of drug-likeness (QED) is 0.645. The van der Waals surface area contributed by atoms with Gasteiger partial charge in [-0.05, 0) is 56.1 Å². The lowest BCUT2D eigenvalue weighted by atomic mass is 10.0. The summed E-state index contributed by atoms with van der Waals surface area (Å²) < 4.78 is 29.8. The third-order valence-electron chi connectivity index (χ3n) is 6.14. The lowest BCUT2D eigenvalue weighted by Gasteiger charge is -2.27. The van der Waals surface area contributed by atoms with Gasteiger partial charge in [-0.25, -0.2) is 13.3 Å². The maximum atomic E-state index is 14.4. The monoisotopic (exact) mass is 412 g/mol. The number of carbonyl (C=O) groups excluding carboxylic acids is 1. The van der Waals surface area contributed by atoms with Gasteiger partial charge in [-0.15, -0.1) is 0 Å². The zero-order valence-corrected chi connectivity index (χ0v) is 16.3. The molecule has 0 amide bonds. The second kappa shape index (κ2) is 7.45. The number of pyridine rings is 1. The maximum Gasteiger partial charge on any atom is 0.186 e. The zero-order valence-electron chi connectivity index (χ0n) is 16.3.